The highest BCUT2D eigenvalue weighted by Gasteiger charge is 2.31. The zero-order valence-electron chi connectivity index (χ0n) is 13.1. The maximum absolute atomic E-state index is 12.3. The summed E-state index contributed by atoms with van der Waals surface area (Å²) in [6.07, 6.45) is 5.01. The fourth-order valence-corrected chi connectivity index (χ4v) is 3.26. The molecule has 0 bridgehead atoms. The normalized spacial score (nSPS) is 18.9. The van der Waals surface area contributed by atoms with E-state index < -0.39 is 0 Å². The number of benzene rings is 1. The fraction of sp³-hybridized carbons (Fsp3) is 0.611. The van der Waals surface area contributed by atoms with Crippen LogP contribution in [0.4, 0.5) is 0 Å². The molecule has 0 aliphatic carbocycles. The summed E-state index contributed by atoms with van der Waals surface area (Å²) in [6, 6.07) is 7.93. The van der Waals surface area contributed by atoms with Crippen LogP contribution in [0.1, 0.15) is 55.5 Å². The van der Waals surface area contributed by atoms with Crippen LogP contribution < -0.4 is 0 Å². The summed E-state index contributed by atoms with van der Waals surface area (Å²) < 4.78 is 0. The molecule has 0 radical (unpaired) electrons. The Morgan fingerprint density at radius 2 is 1.85 bits per heavy atom. The van der Waals surface area contributed by atoms with Crippen LogP contribution in [0.25, 0.3) is 0 Å². The Morgan fingerprint density at radius 1 is 1.20 bits per heavy atom. The van der Waals surface area contributed by atoms with Gasteiger partial charge in [0, 0.05) is 5.56 Å². The molecule has 110 valence electrons. The summed E-state index contributed by atoms with van der Waals surface area (Å²) in [7, 11) is 0. The number of hydrogen-bond donors (Lipinski definition) is 0. The molecule has 1 aromatic rings. The molecule has 0 aromatic heterocycles. The van der Waals surface area contributed by atoms with E-state index in [0.29, 0.717) is 12.0 Å². The average molecular weight is 273 g/mol. The monoisotopic (exact) mass is 273 g/mol. The van der Waals surface area contributed by atoms with Crippen LogP contribution >= 0.6 is 0 Å². The van der Waals surface area contributed by atoms with Gasteiger partial charge < -0.3 is 0 Å². The third-order valence-electron chi connectivity index (χ3n) is 5.12. The highest BCUT2D eigenvalue weighted by molar-refractivity contribution is 5.97. The number of hydrogen-bond acceptors (Lipinski definition) is 2. The number of nitrogens with zero attached hydrogens (tertiary/aromatic N) is 1. The SMILES string of the molecule is CCC1(CC)CCN(CC(=O)c2cccc(C)c2)CC1. The van der Waals surface area contributed by atoms with Crippen molar-refractivity contribution in [3.63, 3.8) is 0 Å². The Hall–Kier alpha value is -1.15. The Bertz CT molecular complexity index is 452. The second kappa shape index (κ2) is 6.53. The zero-order valence-corrected chi connectivity index (χ0v) is 13.1. The average Bonchev–Trinajstić information content (AvgIpc) is 2.48. The van der Waals surface area contributed by atoms with E-state index in [1.807, 2.05) is 31.2 Å². The van der Waals surface area contributed by atoms with E-state index in [1.54, 1.807) is 0 Å². The summed E-state index contributed by atoms with van der Waals surface area (Å²) >= 11 is 0. The largest absolute Gasteiger partial charge is 0.296 e. The standard InChI is InChI=1S/C18H27NO/c1-4-18(5-2)9-11-19(12-10-18)14-17(20)16-8-6-7-15(3)13-16/h6-8,13H,4-5,9-12,14H2,1-3H3. The van der Waals surface area contributed by atoms with Crippen LogP contribution in [0.3, 0.4) is 0 Å². The number of carbonyl (C=O) groups is 1. The minimum atomic E-state index is 0.259. The summed E-state index contributed by atoms with van der Waals surface area (Å²) in [6.45, 7) is 9.36. The second-order valence-corrected chi connectivity index (χ2v) is 6.28. The van der Waals surface area contributed by atoms with Crippen LogP contribution in [0.5, 0.6) is 0 Å². The molecule has 1 fully saturated rings. The number of rotatable bonds is 5. The van der Waals surface area contributed by atoms with Crippen molar-refractivity contribution in [3.8, 4) is 0 Å². The molecule has 0 N–H and O–H groups in total. The van der Waals surface area contributed by atoms with Gasteiger partial charge in [0.25, 0.3) is 0 Å². The fourth-order valence-electron chi connectivity index (χ4n) is 3.26. The third-order valence-corrected chi connectivity index (χ3v) is 5.12. The Morgan fingerprint density at radius 3 is 2.40 bits per heavy atom. The van der Waals surface area contributed by atoms with Crippen molar-refractivity contribution in [3.05, 3.63) is 35.4 Å². The molecule has 1 heterocycles. The Labute approximate surface area is 123 Å². The highest BCUT2D eigenvalue weighted by atomic mass is 16.1. The summed E-state index contributed by atoms with van der Waals surface area (Å²) in [5, 5.41) is 0. The van der Waals surface area contributed by atoms with Crippen molar-refractivity contribution < 1.29 is 4.79 Å². The first-order chi connectivity index (χ1) is 9.58. The quantitative estimate of drug-likeness (QED) is 0.753. The van der Waals surface area contributed by atoms with Crippen molar-refractivity contribution in [2.45, 2.75) is 46.5 Å². The number of likely N-dealkylation sites (tertiary alicyclic amines) is 1. The van der Waals surface area contributed by atoms with Gasteiger partial charge in [-0.05, 0) is 44.3 Å². The van der Waals surface area contributed by atoms with Crippen LogP contribution in [-0.4, -0.2) is 30.3 Å². The van der Waals surface area contributed by atoms with E-state index in [0.717, 1.165) is 24.2 Å². The maximum atomic E-state index is 12.3. The van der Waals surface area contributed by atoms with E-state index in [9.17, 15) is 4.79 Å². The molecule has 2 rings (SSSR count). The lowest BCUT2D eigenvalue weighted by Gasteiger charge is -2.40. The third kappa shape index (κ3) is 3.49. The summed E-state index contributed by atoms with van der Waals surface area (Å²) in [5.74, 6) is 0.259. The number of aryl methyl sites for hydroxylation is 1. The van der Waals surface area contributed by atoms with Gasteiger partial charge in [-0.25, -0.2) is 0 Å². The lowest BCUT2D eigenvalue weighted by molar-refractivity contribution is 0.0756. The van der Waals surface area contributed by atoms with Crippen LogP contribution in [0.2, 0.25) is 0 Å². The van der Waals surface area contributed by atoms with Crippen LogP contribution in [-0.2, 0) is 0 Å². The van der Waals surface area contributed by atoms with E-state index >= 15 is 0 Å². The lowest BCUT2D eigenvalue weighted by atomic mass is 9.74. The molecule has 1 aromatic carbocycles. The number of Topliss-reactive ketones (excluding diaryl/α,β-unsaturated/α-hetero) is 1. The van der Waals surface area contributed by atoms with Gasteiger partial charge in [0.15, 0.2) is 5.78 Å². The van der Waals surface area contributed by atoms with Gasteiger partial charge in [-0.1, -0.05) is 50.5 Å². The minimum absolute atomic E-state index is 0.259. The van der Waals surface area contributed by atoms with Crippen LogP contribution in [0, 0.1) is 12.3 Å². The number of piperidine rings is 1. The van der Waals surface area contributed by atoms with Gasteiger partial charge in [0.2, 0.25) is 0 Å². The lowest BCUT2D eigenvalue weighted by Crippen LogP contribution is -2.41. The molecular weight excluding hydrogens is 246 g/mol. The van der Waals surface area contributed by atoms with Crippen molar-refractivity contribution >= 4 is 5.78 Å². The molecule has 0 unspecified atom stereocenters. The molecule has 0 atom stereocenters. The topological polar surface area (TPSA) is 20.3 Å². The van der Waals surface area contributed by atoms with Crippen molar-refractivity contribution in [2.75, 3.05) is 19.6 Å². The molecule has 1 saturated heterocycles. The van der Waals surface area contributed by atoms with E-state index in [1.165, 1.54) is 25.7 Å². The van der Waals surface area contributed by atoms with Gasteiger partial charge in [-0.2, -0.15) is 0 Å². The Kier molecular flexibility index (Phi) is 4.98. The molecular formula is C18H27NO. The van der Waals surface area contributed by atoms with Gasteiger partial charge in [-0.3, -0.25) is 9.69 Å². The van der Waals surface area contributed by atoms with Crippen molar-refractivity contribution in [1.82, 2.24) is 4.90 Å². The van der Waals surface area contributed by atoms with Gasteiger partial charge in [0.1, 0.15) is 0 Å². The first kappa shape index (κ1) is 15.2. The Balaban J connectivity index is 1.91. The number of carbonyl (C=O) groups excluding carboxylic acids is 1. The predicted molar refractivity (Wildman–Crippen MR) is 84.2 cm³/mol. The zero-order chi connectivity index (χ0) is 14.6. The van der Waals surface area contributed by atoms with E-state index in [2.05, 4.69) is 18.7 Å². The van der Waals surface area contributed by atoms with Gasteiger partial charge >= 0.3 is 0 Å². The van der Waals surface area contributed by atoms with Gasteiger partial charge in [0.05, 0.1) is 6.54 Å². The highest BCUT2D eigenvalue weighted by Crippen LogP contribution is 2.37. The number of ketones is 1. The molecule has 1 aliphatic heterocycles. The second-order valence-electron chi connectivity index (χ2n) is 6.28. The van der Waals surface area contributed by atoms with Crippen molar-refractivity contribution in [1.29, 1.82) is 0 Å². The smallest absolute Gasteiger partial charge is 0.176 e. The van der Waals surface area contributed by atoms with Crippen LogP contribution in [0.15, 0.2) is 24.3 Å². The summed E-state index contributed by atoms with van der Waals surface area (Å²) in [4.78, 5) is 14.7. The summed E-state index contributed by atoms with van der Waals surface area (Å²) in [5.41, 5.74) is 2.54. The first-order valence-electron chi connectivity index (χ1n) is 7.91. The predicted octanol–water partition coefficient (Wildman–Crippen LogP) is 4.08. The molecule has 2 nitrogen and oxygen atoms in total. The molecule has 0 amide bonds. The van der Waals surface area contributed by atoms with E-state index in [-0.39, 0.29) is 5.78 Å². The van der Waals surface area contributed by atoms with E-state index in [4.69, 9.17) is 0 Å². The maximum Gasteiger partial charge on any atom is 0.176 e. The first-order valence-corrected chi connectivity index (χ1v) is 7.91. The molecule has 1 aliphatic rings. The van der Waals surface area contributed by atoms with Gasteiger partial charge in [-0.15, -0.1) is 0 Å². The minimum Gasteiger partial charge on any atom is -0.296 e. The molecule has 2 heteroatoms. The molecule has 20 heavy (non-hydrogen) atoms. The van der Waals surface area contributed by atoms with Crippen molar-refractivity contribution in [2.24, 2.45) is 5.41 Å². The molecule has 0 saturated carbocycles. The molecule has 0 spiro atoms.